The Kier molecular flexibility index (Phi) is 8.20. The second-order valence-corrected chi connectivity index (χ2v) is 8.61. The van der Waals surface area contributed by atoms with Crippen LogP contribution in [0.1, 0.15) is 51.6 Å². The number of carbonyl (C=O) groups is 1. The van der Waals surface area contributed by atoms with Crippen LogP contribution in [0.4, 0.5) is 0 Å². The Morgan fingerprint density at radius 2 is 1.84 bits per heavy atom. The Morgan fingerprint density at radius 1 is 1.09 bits per heavy atom. The third kappa shape index (κ3) is 6.52. The standard InChI is InChI=1S/C26H34N4O2/c1-19-11-12-23(20(2)15-19)16-30(21(3)22-9-7-6-8-10-22)17-25-28-24(18-32-25)26(31)27-13-14-29(4)5/h6-12,15,18,21H,13-14,16-17H2,1-5H3,(H,27,31)/t21-/m0/s1. The zero-order valence-electron chi connectivity index (χ0n) is 19.8. The van der Waals surface area contributed by atoms with Crippen LogP contribution in [0.3, 0.4) is 0 Å². The van der Waals surface area contributed by atoms with Crippen LogP contribution in [-0.4, -0.2) is 47.9 Å². The SMILES string of the molecule is Cc1ccc(CN(Cc2nc(C(=O)NCCN(C)C)co2)[C@@H](C)c2ccccc2)c(C)c1. The van der Waals surface area contributed by atoms with Gasteiger partial charge in [0.05, 0.1) is 6.54 Å². The Bertz CT molecular complexity index is 1010. The lowest BCUT2D eigenvalue weighted by molar-refractivity contribution is 0.0946. The van der Waals surface area contributed by atoms with Gasteiger partial charge in [0.2, 0.25) is 5.89 Å². The minimum Gasteiger partial charge on any atom is -0.447 e. The van der Waals surface area contributed by atoms with Gasteiger partial charge >= 0.3 is 0 Å². The number of benzene rings is 2. The molecule has 0 radical (unpaired) electrons. The number of nitrogens with one attached hydrogen (secondary N) is 1. The second kappa shape index (κ2) is 11.1. The summed E-state index contributed by atoms with van der Waals surface area (Å²) in [6.07, 6.45) is 1.45. The minimum absolute atomic E-state index is 0.154. The summed E-state index contributed by atoms with van der Waals surface area (Å²) >= 11 is 0. The van der Waals surface area contributed by atoms with Gasteiger partial charge in [-0.05, 0) is 51.6 Å². The Labute approximate surface area is 191 Å². The highest BCUT2D eigenvalue weighted by molar-refractivity contribution is 5.91. The molecule has 2 aromatic carbocycles. The molecular weight excluding hydrogens is 400 g/mol. The van der Waals surface area contributed by atoms with E-state index in [0.29, 0.717) is 24.7 Å². The highest BCUT2D eigenvalue weighted by atomic mass is 16.3. The zero-order chi connectivity index (χ0) is 23.1. The van der Waals surface area contributed by atoms with E-state index in [0.717, 1.165) is 13.1 Å². The van der Waals surface area contributed by atoms with E-state index in [-0.39, 0.29) is 11.9 Å². The van der Waals surface area contributed by atoms with Crippen LogP contribution in [0, 0.1) is 13.8 Å². The number of aryl methyl sites for hydroxylation is 2. The lowest BCUT2D eigenvalue weighted by Gasteiger charge is -2.29. The first kappa shape index (κ1) is 23.7. The van der Waals surface area contributed by atoms with Gasteiger partial charge in [0.25, 0.3) is 5.91 Å². The molecule has 0 spiro atoms. The van der Waals surface area contributed by atoms with E-state index in [9.17, 15) is 4.79 Å². The van der Waals surface area contributed by atoms with Crippen LogP contribution in [0.5, 0.6) is 0 Å². The van der Waals surface area contributed by atoms with Gasteiger partial charge in [0, 0.05) is 25.7 Å². The normalized spacial score (nSPS) is 12.3. The summed E-state index contributed by atoms with van der Waals surface area (Å²) in [5, 5.41) is 2.88. The van der Waals surface area contributed by atoms with Crippen molar-refractivity contribution >= 4 is 5.91 Å². The first-order valence-corrected chi connectivity index (χ1v) is 11.1. The summed E-state index contributed by atoms with van der Waals surface area (Å²) in [7, 11) is 3.94. The Balaban J connectivity index is 1.77. The number of nitrogens with zero attached hydrogens (tertiary/aromatic N) is 3. The maximum absolute atomic E-state index is 12.4. The molecule has 0 saturated carbocycles. The number of aromatic nitrogens is 1. The van der Waals surface area contributed by atoms with Crippen LogP contribution in [0.25, 0.3) is 0 Å². The van der Waals surface area contributed by atoms with Crippen molar-refractivity contribution in [3.8, 4) is 0 Å². The molecule has 0 aliphatic rings. The van der Waals surface area contributed by atoms with Crippen molar-refractivity contribution in [3.63, 3.8) is 0 Å². The fourth-order valence-corrected chi connectivity index (χ4v) is 3.66. The monoisotopic (exact) mass is 434 g/mol. The molecule has 0 bridgehead atoms. The number of rotatable bonds is 10. The van der Waals surface area contributed by atoms with E-state index in [1.165, 1.54) is 28.5 Å². The second-order valence-electron chi connectivity index (χ2n) is 8.61. The van der Waals surface area contributed by atoms with Gasteiger partial charge in [-0.2, -0.15) is 0 Å². The van der Waals surface area contributed by atoms with Crippen molar-refractivity contribution in [3.05, 3.63) is 88.6 Å². The maximum atomic E-state index is 12.4. The summed E-state index contributed by atoms with van der Waals surface area (Å²) in [5.41, 5.74) is 5.34. The van der Waals surface area contributed by atoms with Crippen LogP contribution >= 0.6 is 0 Å². The van der Waals surface area contributed by atoms with Gasteiger partial charge < -0.3 is 14.6 Å². The fourth-order valence-electron chi connectivity index (χ4n) is 3.66. The van der Waals surface area contributed by atoms with Crippen LogP contribution < -0.4 is 5.32 Å². The molecule has 0 unspecified atom stereocenters. The van der Waals surface area contributed by atoms with Crippen molar-refractivity contribution in [2.45, 2.75) is 39.9 Å². The predicted octanol–water partition coefficient (Wildman–Crippen LogP) is 4.35. The van der Waals surface area contributed by atoms with E-state index in [1.54, 1.807) is 0 Å². The lowest BCUT2D eigenvalue weighted by Crippen LogP contribution is -2.31. The van der Waals surface area contributed by atoms with E-state index < -0.39 is 0 Å². The number of hydrogen-bond acceptors (Lipinski definition) is 5. The first-order chi connectivity index (χ1) is 15.3. The molecule has 1 N–H and O–H groups in total. The molecule has 1 heterocycles. The summed E-state index contributed by atoms with van der Waals surface area (Å²) in [4.78, 5) is 21.2. The van der Waals surface area contributed by atoms with Crippen molar-refractivity contribution < 1.29 is 9.21 Å². The highest BCUT2D eigenvalue weighted by Gasteiger charge is 2.21. The number of hydrogen-bond donors (Lipinski definition) is 1. The molecular formula is C26H34N4O2. The average molecular weight is 435 g/mol. The first-order valence-electron chi connectivity index (χ1n) is 11.1. The largest absolute Gasteiger partial charge is 0.447 e. The van der Waals surface area contributed by atoms with Gasteiger partial charge in [0.1, 0.15) is 6.26 Å². The molecule has 0 aliphatic carbocycles. The Morgan fingerprint density at radius 3 is 2.53 bits per heavy atom. The van der Waals surface area contributed by atoms with E-state index in [1.807, 2.05) is 25.1 Å². The van der Waals surface area contributed by atoms with E-state index in [2.05, 4.69) is 78.4 Å². The average Bonchev–Trinajstić information content (AvgIpc) is 3.23. The predicted molar refractivity (Wildman–Crippen MR) is 127 cm³/mol. The van der Waals surface area contributed by atoms with Gasteiger partial charge in [-0.25, -0.2) is 4.98 Å². The van der Waals surface area contributed by atoms with Crippen molar-refractivity contribution in [1.29, 1.82) is 0 Å². The molecule has 170 valence electrons. The topological polar surface area (TPSA) is 61.6 Å². The summed E-state index contributed by atoms with van der Waals surface area (Å²) in [6.45, 7) is 9.06. The quantitative estimate of drug-likeness (QED) is 0.514. The lowest BCUT2D eigenvalue weighted by atomic mass is 10.0. The molecule has 3 rings (SSSR count). The van der Waals surface area contributed by atoms with E-state index in [4.69, 9.17) is 4.42 Å². The Hall–Kier alpha value is -2.96. The molecule has 0 aliphatic heterocycles. The fraction of sp³-hybridized carbons (Fsp3) is 0.385. The van der Waals surface area contributed by atoms with Crippen molar-refractivity contribution in [2.24, 2.45) is 0 Å². The van der Waals surface area contributed by atoms with Crippen LogP contribution in [-0.2, 0) is 13.1 Å². The number of carbonyl (C=O) groups excluding carboxylic acids is 1. The molecule has 32 heavy (non-hydrogen) atoms. The molecule has 3 aromatic rings. The maximum Gasteiger partial charge on any atom is 0.273 e. The number of likely N-dealkylation sites (N-methyl/N-ethyl adjacent to an activating group) is 1. The smallest absolute Gasteiger partial charge is 0.273 e. The summed E-state index contributed by atoms with van der Waals surface area (Å²) < 4.78 is 5.69. The molecule has 0 fully saturated rings. The van der Waals surface area contributed by atoms with Gasteiger partial charge in [-0.3, -0.25) is 9.69 Å². The summed E-state index contributed by atoms with van der Waals surface area (Å²) in [6, 6.07) is 17.1. The highest BCUT2D eigenvalue weighted by Crippen LogP contribution is 2.25. The van der Waals surface area contributed by atoms with Gasteiger partial charge in [-0.15, -0.1) is 0 Å². The van der Waals surface area contributed by atoms with Gasteiger partial charge in [0.15, 0.2) is 5.69 Å². The van der Waals surface area contributed by atoms with Crippen molar-refractivity contribution in [2.75, 3.05) is 27.2 Å². The molecule has 0 saturated heterocycles. The number of oxazole rings is 1. The molecule has 1 amide bonds. The van der Waals surface area contributed by atoms with Crippen LogP contribution in [0.15, 0.2) is 59.2 Å². The van der Waals surface area contributed by atoms with Crippen LogP contribution in [0.2, 0.25) is 0 Å². The molecule has 1 aromatic heterocycles. The third-order valence-electron chi connectivity index (χ3n) is 5.67. The third-order valence-corrected chi connectivity index (χ3v) is 5.67. The van der Waals surface area contributed by atoms with Gasteiger partial charge in [-0.1, -0.05) is 54.1 Å². The minimum atomic E-state index is -0.209. The van der Waals surface area contributed by atoms with E-state index >= 15 is 0 Å². The zero-order valence-corrected chi connectivity index (χ0v) is 19.8. The van der Waals surface area contributed by atoms with Crippen molar-refractivity contribution in [1.82, 2.24) is 20.1 Å². The molecule has 1 atom stereocenters. The molecule has 6 nitrogen and oxygen atoms in total. The summed E-state index contributed by atoms with van der Waals surface area (Å²) in [5.74, 6) is 0.328. The number of amides is 1. The molecule has 6 heteroatoms.